The topological polar surface area (TPSA) is 60.3 Å². The number of hydrogen-bond donors (Lipinski definition) is 1. The molecule has 1 amide bonds. The highest BCUT2D eigenvalue weighted by Crippen LogP contribution is 2.14. The standard InChI is InChI=1S/C13H16N2O3/c1-5-6-12(16)14-8-10-7-11(13(17)18-4)9(2)15(10)3/h7H,8H2,1-4H3,(H,14,16). The van der Waals surface area contributed by atoms with Gasteiger partial charge in [0, 0.05) is 18.4 Å². The average molecular weight is 248 g/mol. The lowest BCUT2D eigenvalue weighted by molar-refractivity contribution is -0.115. The van der Waals surface area contributed by atoms with E-state index in [9.17, 15) is 9.59 Å². The number of amides is 1. The lowest BCUT2D eigenvalue weighted by Crippen LogP contribution is -2.22. The van der Waals surface area contributed by atoms with Crippen LogP contribution in [0.4, 0.5) is 0 Å². The summed E-state index contributed by atoms with van der Waals surface area (Å²) in [5, 5.41) is 2.65. The van der Waals surface area contributed by atoms with Crippen LogP contribution in [0.5, 0.6) is 0 Å². The molecule has 5 heteroatoms. The number of nitrogens with zero attached hydrogens (tertiary/aromatic N) is 1. The molecular weight excluding hydrogens is 232 g/mol. The molecule has 1 aromatic heterocycles. The van der Waals surface area contributed by atoms with E-state index in [-0.39, 0.29) is 11.9 Å². The van der Waals surface area contributed by atoms with E-state index in [0.717, 1.165) is 11.4 Å². The van der Waals surface area contributed by atoms with Gasteiger partial charge in [0.25, 0.3) is 5.91 Å². The number of methoxy groups -OCH3 is 1. The normalized spacial score (nSPS) is 9.33. The highest BCUT2D eigenvalue weighted by molar-refractivity contribution is 5.93. The summed E-state index contributed by atoms with van der Waals surface area (Å²) >= 11 is 0. The molecule has 0 aromatic carbocycles. The van der Waals surface area contributed by atoms with Crippen LogP contribution in [0.25, 0.3) is 0 Å². The van der Waals surface area contributed by atoms with Crippen molar-refractivity contribution < 1.29 is 14.3 Å². The maximum absolute atomic E-state index is 11.5. The summed E-state index contributed by atoms with van der Waals surface area (Å²) in [6, 6.07) is 1.71. The first-order valence-corrected chi connectivity index (χ1v) is 5.45. The Labute approximate surface area is 106 Å². The highest BCUT2D eigenvalue weighted by Gasteiger charge is 2.15. The zero-order valence-corrected chi connectivity index (χ0v) is 11.0. The largest absolute Gasteiger partial charge is 0.465 e. The first kappa shape index (κ1) is 13.8. The summed E-state index contributed by atoms with van der Waals surface area (Å²) in [7, 11) is 3.17. The first-order valence-electron chi connectivity index (χ1n) is 5.45. The second kappa shape index (κ2) is 5.92. The number of hydrogen-bond acceptors (Lipinski definition) is 3. The van der Waals surface area contributed by atoms with Crippen LogP contribution >= 0.6 is 0 Å². The Kier molecular flexibility index (Phi) is 4.55. The van der Waals surface area contributed by atoms with Gasteiger partial charge < -0.3 is 14.6 Å². The van der Waals surface area contributed by atoms with Gasteiger partial charge in [-0.1, -0.05) is 5.92 Å². The van der Waals surface area contributed by atoms with Crippen molar-refractivity contribution >= 4 is 11.9 Å². The van der Waals surface area contributed by atoms with Gasteiger partial charge in [0.2, 0.25) is 0 Å². The number of carbonyl (C=O) groups is 2. The number of nitrogens with one attached hydrogen (secondary N) is 1. The molecule has 0 aliphatic heterocycles. The van der Waals surface area contributed by atoms with Crippen molar-refractivity contribution in [2.24, 2.45) is 7.05 Å². The van der Waals surface area contributed by atoms with Crippen LogP contribution in [0.2, 0.25) is 0 Å². The Hall–Kier alpha value is -2.22. The molecule has 0 aliphatic carbocycles. The van der Waals surface area contributed by atoms with Crippen LogP contribution in [0.3, 0.4) is 0 Å². The summed E-state index contributed by atoms with van der Waals surface area (Å²) in [5.41, 5.74) is 2.12. The summed E-state index contributed by atoms with van der Waals surface area (Å²) in [4.78, 5) is 22.7. The van der Waals surface area contributed by atoms with Crippen molar-refractivity contribution in [2.75, 3.05) is 7.11 Å². The molecule has 1 rings (SSSR count). The third-order valence-corrected chi connectivity index (χ3v) is 2.71. The van der Waals surface area contributed by atoms with Crippen molar-refractivity contribution in [1.29, 1.82) is 0 Å². The molecule has 0 aliphatic rings. The van der Waals surface area contributed by atoms with E-state index in [2.05, 4.69) is 21.9 Å². The fourth-order valence-corrected chi connectivity index (χ4v) is 1.58. The van der Waals surface area contributed by atoms with Gasteiger partial charge in [0.05, 0.1) is 19.2 Å². The maximum Gasteiger partial charge on any atom is 0.339 e. The van der Waals surface area contributed by atoms with Gasteiger partial charge in [-0.15, -0.1) is 0 Å². The zero-order valence-electron chi connectivity index (χ0n) is 11.0. The molecule has 0 radical (unpaired) electrons. The fourth-order valence-electron chi connectivity index (χ4n) is 1.58. The van der Waals surface area contributed by atoms with Crippen LogP contribution in [0, 0.1) is 18.8 Å². The second-order valence-electron chi connectivity index (χ2n) is 3.74. The molecular formula is C13H16N2O3. The minimum absolute atomic E-state index is 0.321. The zero-order chi connectivity index (χ0) is 13.7. The van der Waals surface area contributed by atoms with E-state index in [1.54, 1.807) is 13.0 Å². The van der Waals surface area contributed by atoms with E-state index in [0.29, 0.717) is 12.1 Å². The third-order valence-electron chi connectivity index (χ3n) is 2.71. The molecule has 0 unspecified atom stereocenters. The molecule has 1 heterocycles. The minimum Gasteiger partial charge on any atom is -0.465 e. The molecule has 5 nitrogen and oxygen atoms in total. The van der Waals surface area contributed by atoms with Crippen molar-refractivity contribution in [3.63, 3.8) is 0 Å². The second-order valence-corrected chi connectivity index (χ2v) is 3.74. The predicted octanol–water partition coefficient (Wildman–Crippen LogP) is 0.760. The minimum atomic E-state index is -0.381. The van der Waals surface area contributed by atoms with Gasteiger partial charge in [0.15, 0.2) is 0 Å². The van der Waals surface area contributed by atoms with Crippen LogP contribution in [0.1, 0.15) is 28.7 Å². The molecule has 96 valence electrons. The molecule has 0 spiro atoms. The number of esters is 1. The summed E-state index contributed by atoms with van der Waals surface area (Å²) in [6.45, 7) is 3.74. The smallest absolute Gasteiger partial charge is 0.339 e. The third kappa shape index (κ3) is 2.92. The van der Waals surface area contributed by atoms with Crippen molar-refractivity contribution in [3.05, 3.63) is 23.0 Å². The Bertz CT molecular complexity index is 532. The number of rotatable bonds is 3. The number of ether oxygens (including phenoxy) is 1. The summed E-state index contributed by atoms with van der Waals surface area (Å²) in [6.07, 6.45) is 0. The van der Waals surface area contributed by atoms with E-state index >= 15 is 0 Å². The van der Waals surface area contributed by atoms with E-state index < -0.39 is 0 Å². The van der Waals surface area contributed by atoms with Crippen molar-refractivity contribution in [3.8, 4) is 11.8 Å². The van der Waals surface area contributed by atoms with E-state index in [1.165, 1.54) is 7.11 Å². The number of carbonyl (C=O) groups excluding carboxylic acids is 2. The molecule has 0 saturated carbocycles. The molecule has 0 fully saturated rings. The van der Waals surface area contributed by atoms with Crippen LogP contribution in [-0.2, 0) is 23.1 Å². The Morgan fingerprint density at radius 3 is 2.72 bits per heavy atom. The summed E-state index contributed by atoms with van der Waals surface area (Å²) in [5.74, 6) is 4.19. The molecule has 0 saturated heterocycles. The van der Waals surface area contributed by atoms with Gasteiger partial charge in [-0.2, -0.15) is 0 Å². The predicted molar refractivity (Wildman–Crippen MR) is 66.8 cm³/mol. The van der Waals surface area contributed by atoms with Crippen molar-refractivity contribution in [1.82, 2.24) is 9.88 Å². The summed E-state index contributed by atoms with van der Waals surface area (Å²) < 4.78 is 6.53. The molecule has 1 aromatic rings. The lowest BCUT2D eigenvalue weighted by Gasteiger charge is -2.04. The van der Waals surface area contributed by atoms with Gasteiger partial charge in [-0.05, 0) is 25.8 Å². The monoisotopic (exact) mass is 248 g/mol. The van der Waals surface area contributed by atoms with Crippen LogP contribution in [-0.4, -0.2) is 23.6 Å². The highest BCUT2D eigenvalue weighted by atomic mass is 16.5. The Morgan fingerprint density at radius 1 is 1.50 bits per heavy atom. The quantitative estimate of drug-likeness (QED) is 0.634. The van der Waals surface area contributed by atoms with Gasteiger partial charge in [0.1, 0.15) is 0 Å². The maximum atomic E-state index is 11.5. The van der Waals surface area contributed by atoms with Gasteiger partial charge in [-0.3, -0.25) is 4.79 Å². The SMILES string of the molecule is CC#CC(=O)NCc1cc(C(=O)OC)c(C)n1C. The Morgan fingerprint density at radius 2 is 2.17 bits per heavy atom. The average Bonchev–Trinajstić information content (AvgIpc) is 2.63. The number of aromatic nitrogens is 1. The van der Waals surface area contributed by atoms with Gasteiger partial charge in [-0.25, -0.2) is 4.79 Å². The van der Waals surface area contributed by atoms with Crippen LogP contribution < -0.4 is 5.32 Å². The van der Waals surface area contributed by atoms with Crippen molar-refractivity contribution in [2.45, 2.75) is 20.4 Å². The molecule has 0 atom stereocenters. The molecule has 0 bridgehead atoms. The van der Waals surface area contributed by atoms with E-state index in [1.807, 2.05) is 18.5 Å². The Balaban J connectivity index is 2.87. The fraction of sp³-hybridized carbons (Fsp3) is 0.385. The molecule has 1 N–H and O–H groups in total. The van der Waals surface area contributed by atoms with Gasteiger partial charge >= 0.3 is 5.97 Å². The lowest BCUT2D eigenvalue weighted by atomic mass is 10.2. The first-order chi connectivity index (χ1) is 8.51. The van der Waals surface area contributed by atoms with E-state index in [4.69, 9.17) is 0 Å². The molecule has 18 heavy (non-hydrogen) atoms. The van der Waals surface area contributed by atoms with Crippen LogP contribution in [0.15, 0.2) is 6.07 Å².